The van der Waals surface area contributed by atoms with Crippen LogP contribution >= 0.6 is 0 Å². The number of rotatable bonds is 13. The van der Waals surface area contributed by atoms with Crippen LogP contribution in [0.4, 0.5) is 0 Å². The third kappa shape index (κ3) is 7.93. The lowest BCUT2D eigenvalue weighted by atomic mass is 9.83. The first-order valence-electron chi connectivity index (χ1n) is 9.63. The van der Waals surface area contributed by atoms with Gasteiger partial charge >= 0.3 is 9.28 Å². The average molecular weight is 363 g/mol. The maximum Gasteiger partial charge on any atom is 0.350 e. The van der Waals surface area contributed by atoms with Crippen molar-refractivity contribution in [2.24, 2.45) is 5.92 Å². The van der Waals surface area contributed by atoms with Crippen LogP contribution in [0.15, 0.2) is 0 Å². The molecule has 1 saturated carbocycles. The minimum atomic E-state index is -1.81. The van der Waals surface area contributed by atoms with Crippen molar-refractivity contribution in [1.82, 2.24) is 0 Å². The highest BCUT2D eigenvalue weighted by Gasteiger charge is 2.34. The van der Waals surface area contributed by atoms with Gasteiger partial charge in [-0.3, -0.25) is 0 Å². The maximum atomic E-state index is 10.2. The van der Waals surface area contributed by atoms with Gasteiger partial charge in [-0.05, 0) is 44.4 Å². The van der Waals surface area contributed by atoms with E-state index < -0.39 is 9.28 Å². The van der Waals surface area contributed by atoms with Crippen molar-refractivity contribution in [2.45, 2.75) is 83.1 Å². The fraction of sp³-hybridized carbons (Fsp3) is 1.00. The SMILES string of the molecule is CCCCOC1CC(CC(OCCCC)[SiH](OC)OC)CCC1O. The highest BCUT2D eigenvalue weighted by atomic mass is 28.3. The van der Waals surface area contributed by atoms with Crippen LogP contribution in [0.25, 0.3) is 0 Å². The van der Waals surface area contributed by atoms with Crippen LogP contribution in [0.5, 0.6) is 0 Å². The summed E-state index contributed by atoms with van der Waals surface area (Å²) in [4.78, 5) is 0. The van der Waals surface area contributed by atoms with Gasteiger partial charge in [-0.25, -0.2) is 0 Å². The lowest BCUT2D eigenvalue weighted by molar-refractivity contribution is -0.0769. The molecule has 0 spiro atoms. The molecule has 4 unspecified atom stereocenters. The Bertz CT molecular complexity index is 301. The van der Waals surface area contributed by atoms with Gasteiger partial charge in [0.1, 0.15) is 0 Å². The fourth-order valence-corrected chi connectivity index (χ4v) is 5.03. The van der Waals surface area contributed by atoms with Crippen LogP contribution in [-0.4, -0.2) is 59.8 Å². The van der Waals surface area contributed by atoms with Gasteiger partial charge in [0.15, 0.2) is 0 Å². The number of aliphatic hydroxyl groups excluding tert-OH is 1. The lowest BCUT2D eigenvalue weighted by Crippen LogP contribution is -2.42. The van der Waals surface area contributed by atoms with Gasteiger partial charge in [0.05, 0.1) is 17.9 Å². The fourth-order valence-electron chi connectivity index (χ4n) is 3.33. The van der Waals surface area contributed by atoms with Crippen molar-refractivity contribution < 1.29 is 23.4 Å². The molecule has 0 bridgehead atoms. The van der Waals surface area contributed by atoms with Gasteiger partial charge in [-0.2, -0.15) is 0 Å². The minimum absolute atomic E-state index is 0.0307. The van der Waals surface area contributed by atoms with E-state index in [4.69, 9.17) is 18.3 Å². The summed E-state index contributed by atoms with van der Waals surface area (Å²) < 4.78 is 23.2. The molecule has 4 atom stereocenters. The zero-order valence-electron chi connectivity index (χ0n) is 16.0. The summed E-state index contributed by atoms with van der Waals surface area (Å²) in [5.74, 6) is 0.506. The molecule has 1 fully saturated rings. The minimum Gasteiger partial charge on any atom is -0.398 e. The van der Waals surface area contributed by atoms with Crippen LogP contribution in [-0.2, 0) is 18.3 Å². The standard InChI is InChI=1S/C18H38O5Si/c1-5-7-11-22-17-13-15(9-10-16(17)19)14-18(23-12-8-6-2)24(20-3)21-4/h15-19,24H,5-14H2,1-4H3. The van der Waals surface area contributed by atoms with E-state index in [1.165, 1.54) is 0 Å². The van der Waals surface area contributed by atoms with E-state index in [1.807, 2.05) is 0 Å². The molecule has 1 N–H and O–H groups in total. The predicted octanol–water partition coefficient (Wildman–Crippen LogP) is 2.96. The van der Waals surface area contributed by atoms with E-state index in [0.717, 1.165) is 64.6 Å². The largest absolute Gasteiger partial charge is 0.398 e. The van der Waals surface area contributed by atoms with E-state index in [1.54, 1.807) is 14.2 Å². The van der Waals surface area contributed by atoms with Crippen molar-refractivity contribution in [3.63, 3.8) is 0 Å². The summed E-state index contributed by atoms with van der Waals surface area (Å²) in [6.45, 7) is 5.83. The number of ether oxygens (including phenoxy) is 2. The molecule has 0 saturated heterocycles. The van der Waals surface area contributed by atoms with Crippen molar-refractivity contribution in [2.75, 3.05) is 27.4 Å². The Kier molecular flexibility index (Phi) is 12.2. The molecule has 0 aromatic rings. The molecule has 0 amide bonds. The van der Waals surface area contributed by atoms with Gasteiger partial charge in [-0.1, -0.05) is 26.7 Å². The number of hydrogen-bond donors (Lipinski definition) is 1. The molecule has 0 aromatic carbocycles. The van der Waals surface area contributed by atoms with Crippen LogP contribution in [0.2, 0.25) is 0 Å². The molecular weight excluding hydrogens is 324 g/mol. The third-order valence-electron chi connectivity index (χ3n) is 4.86. The van der Waals surface area contributed by atoms with E-state index in [9.17, 15) is 5.11 Å². The summed E-state index contributed by atoms with van der Waals surface area (Å²) in [6, 6.07) is 0. The van der Waals surface area contributed by atoms with Crippen molar-refractivity contribution in [3.05, 3.63) is 0 Å². The Hall–Kier alpha value is 0.0169. The molecule has 1 aliphatic carbocycles. The zero-order chi connectivity index (χ0) is 17.8. The van der Waals surface area contributed by atoms with Crippen LogP contribution < -0.4 is 0 Å². The Morgan fingerprint density at radius 2 is 1.71 bits per heavy atom. The first-order chi connectivity index (χ1) is 11.7. The number of aliphatic hydroxyl groups is 1. The van der Waals surface area contributed by atoms with Crippen LogP contribution in [0.1, 0.15) is 65.2 Å². The normalized spacial score (nSPS) is 26.0. The quantitative estimate of drug-likeness (QED) is 0.403. The summed E-state index contributed by atoms with van der Waals surface area (Å²) in [6.07, 6.45) is 7.71. The molecule has 5 nitrogen and oxygen atoms in total. The highest BCUT2D eigenvalue weighted by Crippen LogP contribution is 2.31. The molecule has 0 aliphatic heterocycles. The molecule has 0 radical (unpaired) electrons. The Balaban J connectivity index is 2.53. The topological polar surface area (TPSA) is 57.2 Å². The highest BCUT2D eigenvalue weighted by molar-refractivity contribution is 6.45. The lowest BCUT2D eigenvalue weighted by Gasteiger charge is -2.35. The molecular formula is C18H38O5Si. The van der Waals surface area contributed by atoms with E-state index >= 15 is 0 Å². The Labute approximate surface area is 149 Å². The molecule has 1 aliphatic rings. The Morgan fingerprint density at radius 3 is 2.33 bits per heavy atom. The van der Waals surface area contributed by atoms with Crippen molar-refractivity contribution in [1.29, 1.82) is 0 Å². The first kappa shape index (κ1) is 22.1. The van der Waals surface area contributed by atoms with Gasteiger partial charge < -0.3 is 23.4 Å². The van der Waals surface area contributed by atoms with Crippen LogP contribution in [0, 0.1) is 5.92 Å². The number of hydrogen-bond acceptors (Lipinski definition) is 5. The Morgan fingerprint density at radius 1 is 1.04 bits per heavy atom. The van der Waals surface area contributed by atoms with Gasteiger partial charge in [0, 0.05) is 27.4 Å². The summed E-state index contributed by atoms with van der Waals surface area (Å²) in [7, 11) is 1.63. The molecule has 24 heavy (non-hydrogen) atoms. The van der Waals surface area contributed by atoms with Crippen molar-refractivity contribution >= 4 is 9.28 Å². The zero-order valence-corrected chi connectivity index (χ0v) is 17.2. The van der Waals surface area contributed by atoms with Crippen molar-refractivity contribution in [3.8, 4) is 0 Å². The first-order valence-corrected chi connectivity index (χ1v) is 11.2. The second-order valence-corrected chi connectivity index (χ2v) is 9.27. The average Bonchev–Trinajstić information content (AvgIpc) is 2.59. The molecule has 1 rings (SSSR count). The van der Waals surface area contributed by atoms with Crippen LogP contribution in [0.3, 0.4) is 0 Å². The van der Waals surface area contributed by atoms with E-state index in [-0.39, 0.29) is 17.9 Å². The monoisotopic (exact) mass is 362 g/mol. The smallest absolute Gasteiger partial charge is 0.350 e. The predicted molar refractivity (Wildman–Crippen MR) is 98.4 cm³/mol. The van der Waals surface area contributed by atoms with E-state index in [0.29, 0.717) is 5.92 Å². The summed E-state index contributed by atoms with van der Waals surface area (Å²) >= 11 is 0. The molecule has 144 valence electrons. The summed E-state index contributed by atoms with van der Waals surface area (Å²) in [5, 5.41) is 10.2. The van der Waals surface area contributed by atoms with Gasteiger partial charge in [0.25, 0.3) is 0 Å². The maximum absolute atomic E-state index is 10.2. The van der Waals surface area contributed by atoms with Gasteiger partial charge in [-0.15, -0.1) is 0 Å². The molecule has 6 heteroatoms. The van der Waals surface area contributed by atoms with Gasteiger partial charge in [0.2, 0.25) is 0 Å². The molecule has 0 heterocycles. The molecule has 0 aromatic heterocycles. The summed E-state index contributed by atoms with van der Waals surface area (Å²) in [5.41, 5.74) is 0.0723. The number of unbranched alkanes of at least 4 members (excludes halogenated alkanes) is 2. The third-order valence-corrected chi connectivity index (χ3v) is 6.86. The second kappa shape index (κ2) is 13.3. The van der Waals surface area contributed by atoms with E-state index in [2.05, 4.69) is 13.8 Å². The second-order valence-electron chi connectivity index (χ2n) is 6.85.